The van der Waals surface area contributed by atoms with E-state index in [9.17, 15) is 4.79 Å². The maximum Gasteiger partial charge on any atom is 0.220 e. The molecule has 0 radical (unpaired) electrons. The van der Waals surface area contributed by atoms with Gasteiger partial charge < -0.3 is 5.32 Å². The molecule has 20 heavy (non-hydrogen) atoms. The second-order valence-electron chi connectivity index (χ2n) is 4.87. The lowest BCUT2D eigenvalue weighted by Gasteiger charge is -2.06. The third-order valence-electron chi connectivity index (χ3n) is 3.46. The zero-order chi connectivity index (χ0) is 14.5. The van der Waals surface area contributed by atoms with Crippen LogP contribution in [0.1, 0.15) is 29.1 Å². The summed E-state index contributed by atoms with van der Waals surface area (Å²) in [5.74, 6) is 0.0401. The van der Waals surface area contributed by atoms with E-state index in [4.69, 9.17) is 0 Å². The number of carbonyl (C=O) groups excluding carboxylic acids is 1. The lowest BCUT2D eigenvalue weighted by Crippen LogP contribution is -2.23. The molecule has 0 fully saturated rings. The van der Waals surface area contributed by atoms with Crippen LogP contribution in [0.2, 0.25) is 0 Å². The first-order chi connectivity index (χ1) is 9.58. The van der Waals surface area contributed by atoms with Crippen molar-refractivity contribution in [1.82, 2.24) is 20.1 Å². The van der Waals surface area contributed by atoms with Gasteiger partial charge in [-0.15, -0.1) is 0 Å². The smallest absolute Gasteiger partial charge is 0.220 e. The zero-order valence-electron chi connectivity index (χ0n) is 12.2. The molecule has 0 unspecified atom stereocenters. The van der Waals surface area contributed by atoms with Crippen LogP contribution in [0.5, 0.6) is 0 Å². The van der Waals surface area contributed by atoms with Gasteiger partial charge in [0.2, 0.25) is 5.91 Å². The minimum atomic E-state index is 0.0401. The third kappa shape index (κ3) is 3.44. The summed E-state index contributed by atoms with van der Waals surface area (Å²) < 4.78 is 1.84. The van der Waals surface area contributed by atoms with Crippen molar-refractivity contribution >= 4 is 5.91 Å². The summed E-state index contributed by atoms with van der Waals surface area (Å²) in [5.41, 5.74) is 4.10. The van der Waals surface area contributed by atoms with Gasteiger partial charge in [0.15, 0.2) is 0 Å². The Morgan fingerprint density at radius 2 is 2.15 bits per heavy atom. The topological polar surface area (TPSA) is 59.8 Å². The van der Waals surface area contributed by atoms with E-state index in [1.165, 1.54) is 0 Å². The molecule has 106 valence electrons. The Labute approximate surface area is 119 Å². The molecule has 2 heterocycles. The SMILES string of the molecule is Cc1nn(C)c(C)c1CNC(=O)CCc1ccccn1. The summed E-state index contributed by atoms with van der Waals surface area (Å²) in [7, 11) is 1.91. The molecule has 0 aliphatic carbocycles. The Hall–Kier alpha value is -2.17. The van der Waals surface area contributed by atoms with Crippen molar-refractivity contribution in [1.29, 1.82) is 0 Å². The first-order valence-electron chi connectivity index (χ1n) is 6.73. The van der Waals surface area contributed by atoms with Gasteiger partial charge in [-0.25, -0.2) is 0 Å². The van der Waals surface area contributed by atoms with Gasteiger partial charge in [0.1, 0.15) is 0 Å². The first-order valence-corrected chi connectivity index (χ1v) is 6.73. The Morgan fingerprint density at radius 1 is 1.35 bits per heavy atom. The minimum Gasteiger partial charge on any atom is -0.352 e. The number of pyridine rings is 1. The van der Waals surface area contributed by atoms with Crippen molar-refractivity contribution in [3.05, 3.63) is 47.0 Å². The van der Waals surface area contributed by atoms with Crippen LogP contribution in [0.15, 0.2) is 24.4 Å². The standard InChI is InChI=1S/C15H20N4O/c1-11-14(12(2)19(3)18-11)10-17-15(20)8-7-13-6-4-5-9-16-13/h4-6,9H,7-8,10H2,1-3H3,(H,17,20). The van der Waals surface area contributed by atoms with Crippen LogP contribution < -0.4 is 5.32 Å². The molecule has 2 aromatic heterocycles. The van der Waals surface area contributed by atoms with E-state index in [-0.39, 0.29) is 5.91 Å². The summed E-state index contributed by atoms with van der Waals surface area (Å²) >= 11 is 0. The van der Waals surface area contributed by atoms with Gasteiger partial charge in [-0.3, -0.25) is 14.5 Å². The van der Waals surface area contributed by atoms with Gasteiger partial charge in [-0.1, -0.05) is 6.07 Å². The largest absolute Gasteiger partial charge is 0.352 e. The number of hydrogen-bond acceptors (Lipinski definition) is 3. The molecule has 0 atom stereocenters. The van der Waals surface area contributed by atoms with Crippen LogP contribution in [0, 0.1) is 13.8 Å². The van der Waals surface area contributed by atoms with Crippen LogP contribution in [0.4, 0.5) is 0 Å². The van der Waals surface area contributed by atoms with Gasteiger partial charge in [-0.2, -0.15) is 5.10 Å². The Balaban J connectivity index is 1.83. The van der Waals surface area contributed by atoms with Gasteiger partial charge in [0.25, 0.3) is 0 Å². The summed E-state index contributed by atoms with van der Waals surface area (Å²) in [6, 6.07) is 5.74. The van der Waals surface area contributed by atoms with Crippen LogP contribution >= 0.6 is 0 Å². The number of rotatable bonds is 5. The number of carbonyl (C=O) groups is 1. The number of hydrogen-bond donors (Lipinski definition) is 1. The fraction of sp³-hybridized carbons (Fsp3) is 0.400. The highest BCUT2D eigenvalue weighted by molar-refractivity contribution is 5.76. The minimum absolute atomic E-state index is 0.0401. The second-order valence-corrected chi connectivity index (χ2v) is 4.87. The van der Waals surface area contributed by atoms with E-state index in [1.54, 1.807) is 6.20 Å². The summed E-state index contributed by atoms with van der Waals surface area (Å²) in [5, 5.41) is 7.28. The second kappa shape index (κ2) is 6.32. The Bertz CT molecular complexity index is 589. The normalized spacial score (nSPS) is 10.6. The molecule has 0 saturated heterocycles. The third-order valence-corrected chi connectivity index (χ3v) is 3.46. The Kier molecular flexibility index (Phi) is 4.50. The van der Waals surface area contributed by atoms with E-state index >= 15 is 0 Å². The average Bonchev–Trinajstić information content (AvgIpc) is 2.69. The maximum atomic E-state index is 11.9. The van der Waals surface area contributed by atoms with Crippen molar-refractivity contribution in [3.8, 4) is 0 Å². The van der Waals surface area contributed by atoms with Crippen LogP contribution in [-0.4, -0.2) is 20.7 Å². The number of amides is 1. The average molecular weight is 272 g/mol. The molecule has 0 aromatic carbocycles. The molecule has 1 amide bonds. The summed E-state index contributed by atoms with van der Waals surface area (Å²) in [6.07, 6.45) is 2.86. The van der Waals surface area contributed by atoms with E-state index in [1.807, 2.05) is 43.8 Å². The van der Waals surface area contributed by atoms with E-state index in [0.29, 0.717) is 19.4 Å². The molecular weight excluding hydrogens is 252 g/mol. The zero-order valence-corrected chi connectivity index (χ0v) is 12.2. The molecule has 0 aliphatic rings. The van der Waals surface area contributed by atoms with Crippen molar-refractivity contribution in [2.45, 2.75) is 33.2 Å². The van der Waals surface area contributed by atoms with Crippen LogP contribution in [-0.2, 0) is 24.8 Å². The van der Waals surface area contributed by atoms with Crippen LogP contribution in [0.25, 0.3) is 0 Å². The van der Waals surface area contributed by atoms with Crippen molar-refractivity contribution < 1.29 is 4.79 Å². The highest BCUT2D eigenvalue weighted by Gasteiger charge is 2.10. The molecule has 0 spiro atoms. The molecule has 5 heteroatoms. The predicted molar refractivity (Wildman–Crippen MR) is 77.1 cm³/mol. The van der Waals surface area contributed by atoms with Gasteiger partial charge in [0.05, 0.1) is 5.69 Å². The fourth-order valence-corrected chi connectivity index (χ4v) is 2.14. The quantitative estimate of drug-likeness (QED) is 0.901. The molecule has 2 aromatic rings. The van der Waals surface area contributed by atoms with Gasteiger partial charge >= 0.3 is 0 Å². The monoisotopic (exact) mass is 272 g/mol. The highest BCUT2D eigenvalue weighted by atomic mass is 16.1. The molecule has 0 saturated carbocycles. The molecular formula is C15H20N4O. The van der Waals surface area contributed by atoms with Gasteiger partial charge in [-0.05, 0) is 32.4 Å². The number of nitrogens with one attached hydrogen (secondary N) is 1. The first kappa shape index (κ1) is 14.2. The van der Waals surface area contributed by atoms with Crippen molar-refractivity contribution in [3.63, 3.8) is 0 Å². The summed E-state index contributed by atoms with van der Waals surface area (Å²) in [6.45, 7) is 4.50. The lowest BCUT2D eigenvalue weighted by atomic mass is 10.2. The Morgan fingerprint density at radius 3 is 2.75 bits per heavy atom. The number of aryl methyl sites for hydroxylation is 3. The fourth-order valence-electron chi connectivity index (χ4n) is 2.14. The van der Waals surface area contributed by atoms with Crippen LogP contribution in [0.3, 0.4) is 0 Å². The van der Waals surface area contributed by atoms with Crippen molar-refractivity contribution in [2.75, 3.05) is 0 Å². The van der Waals surface area contributed by atoms with E-state index in [2.05, 4.69) is 15.4 Å². The molecule has 0 bridgehead atoms. The van der Waals surface area contributed by atoms with E-state index < -0.39 is 0 Å². The summed E-state index contributed by atoms with van der Waals surface area (Å²) in [4.78, 5) is 16.1. The van der Waals surface area contributed by atoms with Gasteiger partial charge in [0, 0.05) is 43.2 Å². The van der Waals surface area contributed by atoms with Crippen molar-refractivity contribution in [2.24, 2.45) is 7.05 Å². The molecule has 5 nitrogen and oxygen atoms in total. The maximum absolute atomic E-state index is 11.9. The predicted octanol–water partition coefficient (Wildman–Crippen LogP) is 1.68. The van der Waals surface area contributed by atoms with E-state index in [0.717, 1.165) is 22.6 Å². The lowest BCUT2D eigenvalue weighted by molar-refractivity contribution is -0.121. The number of aromatic nitrogens is 3. The number of nitrogens with zero attached hydrogens (tertiary/aromatic N) is 3. The molecule has 1 N–H and O–H groups in total. The molecule has 0 aliphatic heterocycles. The molecule has 2 rings (SSSR count). The highest BCUT2D eigenvalue weighted by Crippen LogP contribution is 2.11.